The Kier molecular flexibility index (Phi) is 8.44. The van der Waals surface area contributed by atoms with Crippen LogP contribution < -0.4 is 10.2 Å². The number of thioether (sulfide) groups is 1. The number of methoxy groups -OCH3 is 1. The number of aromatic nitrogens is 1. The quantitative estimate of drug-likeness (QED) is 0.264. The van der Waals surface area contributed by atoms with Gasteiger partial charge in [-0.25, -0.2) is 9.78 Å². The molecule has 0 spiro atoms. The van der Waals surface area contributed by atoms with E-state index in [0.29, 0.717) is 16.3 Å². The first-order chi connectivity index (χ1) is 14.2. The third-order valence-corrected chi connectivity index (χ3v) is 6.20. The summed E-state index contributed by atoms with van der Waals surface area (Å²) in [5.41, 5.74) is 2.83. The number of carbonyl (C=O) groups excluding carboxylic acids is 2. The number of benzene rings is 1. The average molecular weight is 444 g/mol. The van der Waals surface area contributed by atoms with Crippen molar-refractivity contribution in [3.63, 3.8) is 0 Å². The first-order valence-electron chi connectivity index (χ1n) is 9.09. The van der Waals surface area contributed by atoms with Crippen LogP contribution in [0.5, 0.6) is 0 Å². The van der Waals surface area contributed by atoms with Gasteiger partial charge in [0.15, 0.2) is 5.13 Å². The highest BCUT2D eigenvalue weighted by atomic mass is 32.2. The topological polar surface area (TPSA) is 71.5 Å². The lowest BCUT2D eigenvalue weighted by atomic mass is 10.2. The van der Waals surface area contributed by atoms with E-state index in [1.807, 2.05) is 38.1 Å². The third-order valence-electron chi connectivity index (χ3n) is 4.00. The van der Waals surface area contributed by atoms with Crippen molar-refractivity contribution in [1.82, 2.24) is 4.98 Å². The largest absolute Gasteiger partial charge is 0.465 e. The maximum atomic E-state index is 12.5. The van der Waals surface area contributed by atoms with Gasteiger partial charge in [-0.3, -0.25) is 10.1 Å². The minimum absolute atomic E-state index is 0.219. The molecule has 158 valence electrons. The molecule has 1 aromatic heterocycles. The maximum absolute atomic E-state index is 12.5. The number of esters is 1. The number of hydrogen-bond acceptors (Lipinski definition) is 7. The molecule has 1 aromatic carbocycles. The lowest BCUT2D eigenvalue weighted by Crippen LogP contribution is -2.12. The Labute approximate surface area is 185 Å². The first-order valence-corrected chi connectivity index (χ1v) is 10.7. The zero-order valence-electron chi connectivity index (χ0n) is 17.7. The summed E-state index contributed by atoms with van der Waals surface area (Å²) in [7, 11) is 5.24. The molecule has 30 heavy (non-hydrogen) atoms. The van der Waals surface area contributed by atoms with Gasteiger partial charge in [-0.1, -0.05) is 35.8 Å². The molecule has 0 bridgehead atoms. The lowest BCUT2D eigenvalue weighted by molar-refractivity contribution is -0.135. The van der Waals surface area contributed by atoms with Gasteiger partial charge < -0.3 is 9.64 Å². The second-order valence-electron chi connectivity index (χ2n) is 6.51. The van der Waals surface area contributed by atoms with Gasteiger partial charge in [0.05, 0.1) is 23.1 Å². The Hall–Kier alpha value is -2.84. The Bertz CT molecular complexity index is 989. The second-order valence-corrected chi connectivity index (χ2v) is 8.88. The Morgan fingerprint density at radius 3 is 2.47 bits per heavy atom. The van der Waals surface area contributed by atoms with E-state index in [9.17, 15) is 9.59 Å². The fourth-order valence-electron chi connectivity index (χ4n) is 2.31. The number of allylic oxidation sites excluding steroid dienone is 2. The van der Waals surface area contributed by atoms with Crippen LogP contribution in [-0.2, 0) is 9.53 Å². The van der Waals surface area contributed by atoms with Crippen molar-refractivity contribution >= 4 is 45.8 Å². The number of amides is 1. The second kappa shape index (κ2) is 10.8. The van der Waals surface area contributed by atoms with Gasteiger partial charge in [-0.05, 0) is 49.8 Å². The van der Waals surface area contributed by atoms with E-state index in [1.54, 1.807) is 37.4 Å². The molecule has 0 aliphatic rings. The van der Waals surface area contributed by atoms with Gasteiger partial charge in [0, 0.05) is 30.3 Å². The van der Waals surface area contributed by atoms with Crippen molar-refractivity contribution in [2.75, 3.05) is 31.4 Å². The monoisotopic (exact) mass is 443 g/mol. The predicted molar refractivity (Wildman–Crippen MR) is 125 cm³/mol. The van der Waals surface area contributed by atoms with E-state index in [0.717, 1.165) is 20.4 Å². The summed E-state index contributed by atoms with van der Waals surface area (Å²) in [4.78, 5) is 31.4. The number of nitrogens with one attached hydrogen (secondary N) is 1. The van der Waals surface area contributed by atoms with Crippen molar-refractivity contribution in [2.45, 2.75) is 18.1 Å². The Morgan fingerprint density at radius 2 is 1.93 bits per heavy atom. The SMILES string of the molecule is C=C(C)/C(=C\C(=C/C)C(=O)OC)Sc1cnc(NC(=O)c2ccc(N(C)C)cc2)s1. The average Bonchev–Trinajstić information content (AvgIpc) is 3.17. The summed E-state index contributed by atoms with van der Waals surface area (Å²) in [6.07, 6.45) is 5.11. The van der Waals surface area contributed by atoms with Crippen LogP contribution >= 0.6 is 23.1 Å². The van der Waals surface area contributed by atoms with Gasteiger partial charge >= 0.3 is 5.97 Å². The van der Waals surface area contributed by atoms with Crippen LogP contribution in [0.2, 0.25) is 0 Å². The molecule has 0 unspecified atom stereocenters. The molecule has 8 heteroatoms. The third kappa shape index (κ3) is 6.33. The number of nitrogens with zero attached hydrogens (tertiary/aromatic N) is 2. The Morgan fingerprint density at radius 1 is 1.27 bits per heavy atom. The van der Waals surface area contributed by atoms with Gasteiger partial charge in [0.25, 0.3) is 5.91 Å². The molecule has 0 saturated heterocycles. The lowest BCUT2D eigenvalue weighted by Gasteiger charge is -2.12. The van der Waals surface area contributed by atoms with E-state index in [2.05, 4.69) is 16.9 Å². The van der Waals surface area contributed by atoms with Gasteiger partial charge in [-0.2, -0.15) is 0 Å². The van der Waals surface area contributed by atoms with E-state index in [1.165, 1.54) is 30.2 Å². The molecule has 6 nitrogen and oxygen atoms in total. The molecule has 2 rings (SSSR count). The molecular formula is C22H25N3O3S2. The van der Waals surface area contributed by atoms with E-state index in [4.69, 9.17) is 4.74 Å². The minimum atomic E-state index is -0.408. The summed E-state index contributed by atoms with van der Waals surface area (Å²) in [6, 6.07) is 7.34. The number of anilines is 2. The van der Waals surface area contributed by atoms with Crippen molar-refractivity contribution < 1.29 is 14.3 Å². The van der Waals surface area contributed by atoms with Crippen LogP contribution in [0.15, 0.2) is 69.5 Å². The number of ether oxygens (including phenoxy) is 1. The summed E-state index contributed by atoms with van der Waals surface area (Å²) in [5.74, 6) is -0.627. The van der Waals surface area contributed by atoms with Gasteiger partial charge in [-0.15, -0.1) is 0 Å². The number of thiazole rings is 1. The first kappa shape index (κ1) is 23.4. The van der Waals surface area contributed by atoms with E-state index in [-0.39, 0.29) is 5.91 Å². The molecule has 0 saturated carbocycles. The molecule has 1 N–H and O–H groups in total. The molecule has 0 fully saturated rings. The van der Waals surface area contributed by atoms with Gasteiger partial charge in [0.2, 0.25) is 0 Å². The van der Waals surface area contributed by atoms with Crippen molar-refractivity contribution in [2.24, 2.45) is 0 Å². The van der Waals surface area contributed by atoms with Gasteiger partial charge in [0.1, 0.15) is 0 Å². The predicted octanol–water partition coefficient (Wildman–Crippen LogP) is 5.13. The van der Waals surface area contributed by atoms with Crippen molar-refractivity contribution in [1.29, 1.82) is 0 Å². The summed E-state index contributed by atoms with van der Waals surface area (Å²) in [5, 5.41) is 3.32. The molecule has 1 amide bonds. The molecule has 0 radical (unpaired) electrons. The number of rotatable bonds is 8. The summed E-state index contributed by atoms with van der Waals surface area (Å²) >= 11 is 2.78. The standard InChI is InChI=1S/C22H25N3O3S2/c1-7-15(21(27)28-6)12-18(14(2)3)29-19-13-23-22(30-19)24-20(26)16-8-10-17(11-9-16)25(4)5/h7-13H,2H2,1,3-6H3,(H,23,24,26)/b15-7+,18-12+. The zero-order valence-corrected chi connectivity index (χ0v) is 19.3. The van der Waals surface area contributed by atoms with Crippen LogP contribution in [0, 0.1) is 0 Å². The van der Waals surface area contributed by atoms with Crippen LogP contribution in [-0.4, -0.2) is 38.1 Å². The fourth-order valence-corrected chi connectivity index (χ4v) is 4.21. The Balaban J connectivity index is 2.11. The highest BCUT2D eigenvalue weighted by Gasteiger charge is 2.13. The summed E-state index contributed by atoms with van der Waals surface area (Å²) in [6.45, 7) is 7.62. The molecule has 2 aromatic rings. The summed E-state index contributed by atoms with van der Waals surface area (Å²) < 4.78 is 5.66. The van der Waals surface area contributed by atoms with E-state index >= 15 is 0 Å². The molecular weight excluding hydrogens is 418 g/mol. The van der Waals surface area contributed by atoms with Crippen molar-refractivity contribution in [3.05, 3.63) is 70.8 Å². The zero-order chi connectivity index (χ0) is 22.3. The minimum Gasteiger partial charge on any atom is -0.465 e. The fraction of sp³-hybridized carbons (Fsp3) is 0.227. The molecule has 1 heterocycles. The maximum Gasteiger partial charge on any atom is 0.337 e. The van der Waals surface area contributed by atoms with E-state index < -0.39 is 5.97 Å². The van der Waals surface area contributed by atoms with Crippen LogP contribution in [0.4, 0.5) is 10.8 Å². The van der Waals surface area contributed by atoms with Crippen molar-refractivity contribution in [3.8, 4) is 0 Å². The highest BCUT2D eigenvalue weighted by Crippen LogP contribution is 2.37. The molecule has 0 aliphatic heterocycles. The normalized spacial score (nSPS) is 11.8. The number of carbonyl (C=O) groups is 2. The van der Waals surface area contributed by atoms with Crippen LogP contribution in [0.1, 0.15) is 24.2 Å². The molecule has 0 aliphatic carbocycles. The van der Waals surface area contributed by atoms with Crippen LogP contribution in [0.25, 0.3) is 0 Å². The smallest absolute Gasteiger partial charge is 0.337 e. The highest BCUT2D eigenvalue weighted by molar-refractivity contribution is 8.05. The molecule has 0 atom stereocenters. The van der Waals surface area contributed by atoms with Crippen LogP contribution in [0.3, 0.4) is 0 Å². The number of hydrogen-bond donors (Lipinski definition) is 1.